The highest BCUT2D eigenvalue weighted by molar-refractivity contribution is 4.81. The highest BCUT2D eigenvalue weighted by Gasteiger charge is 2.22. The Bertz CT molecular complexity index is 159. The van der Waals surface area contributed by atoms with Gasteiger partial charge in [0.15, 0.2) is 0 Å². The Morgan fingerprint density at radius 1 is 1.33 bits per heavy atom. The minimum atomic E-state index is 0.732. The minimum absolute atomic E-state index is 0.732. The van der Waals surface area contributed by atoms with Crippen LogP contribution in [0.15, 0.2) is 0 Å². The molecule has 0 aromatic heterocycles. The molecule has 2 heteroatoms. The first kappa shape index (κ1) is 13.0. The van der Waals surface area contributed by atoms with E-state index in [1.807, 2.05) is 0 Å². The maximum atomic E-state index is 3.67. The normalized spacial score (nSPS) is 27.2. The zero-order valence-corrected chi connectivity index (χ0v) is 10.8. The van der Waals surface area contributed by atoms with Gasteiger partial charge in [-0.15, -0.1) is 0 Å². The number of hydrogen-bond acceptors (Lipinski definition) is 2. The lowest BCUT2D eigenvalue weighted by Gasteiger charge is -2.34. The van der Waals surface area contributed by atoms with E-state index in [0.717, 1.165) is 12.0 Å². The molecule has 15 heavy (non-hydrogen) atoms. The zero-order valence-electron chi connectivity index (χ0n) is 10.8. The van der Waals surface area contributed by atoms with Crippen molar-refractivity contribution in [1.29, 1.82) is 0 Å². The molecule has 0 aliphatic carbocycles. The molecular weight excluding hydrogens is 184 g/mol. The molecule has 1 fully saturated rings. The van der Waals surface area contributed by atoms with E-state index in [4.69, 9.17) is 0 Å². The first-order chi connectivity index (χ1) is 7.27. The van der Waals surface area contributed by atoms with Crippen LogP contribution in [0.5, 0.6) is 0 Å². The Hall–Kier alpha value is -0.0800. The van der Waals surface area contributed by atoms with Crippen LogP contribution in [-0.4, -0.2) is 37.1 Å². The van der Waals surface area contributed by atoms with E-state index in [2.05, 4.69) is 31.0 Å². The number of nitrogens with one attached hydrogen (secondary N) is 1. The number of unbranched alkanes of at least 4 members (excludes halogenated alkanes) is 1. The van der Waals surface area contributed by atoms with Crippen molar-refractivity contribution in [1.82, 2.24) is 10.2 Å². The van der Waals surface area contributed by atoms with E-state index in [1.54, 1.807) is 0 Å². The van der Waals surface area contributed by atoms with Crippen LogP contribution < -0.4 is 5.32 Å². The lowest BCUT2D eigenvalue weighted by atomic mass is 9.92. The summed E-state index contributed by atoms with van der Waals surface area (Å²) in [6.07, 6.45) is 5.42. The average molecular weight is 212 g/mol. The van der Waals surface area contributed by atoms with Crippen molar-refractivity contribution in [3.05, 3.63) is 0 Å². The van der Waals surface area contributed by atoms with Crippen LogP contribution in [0.3, 0.4) is 0 Å². The van der Waals surface area contributed by atoms with Gasteiger partial charge in [0.1, 0.15) is 0 Å². The van der Waals surface area contributed by atoms with Crippen LogP contribution in [-0.2, 0) is 0 Å². The van der Waals surface area contributed by atoms with E-state index >= 15 is 0 Å². The van der Waals surface area contributed by atoms with Gasteiger partial charge in [-0.25, -0.2) is 0 Å². The number of piperidine rings is 1. The van der Waals surface area contributed by atoms with Crippen molar-refractivity contribution in [3.63, 3.8) is 0 Å². The molecule has 2 nitrogen and oxygen atoms in total. The third-order valence-corrected chi connectivity index (χ3v) is 3.66. The molecule has 0 amide bonds. The van der Waals surface area contributed by atoms with Gasteiger partial charge in [0.25, 0.3) is 0 Å². The minimum Gasteiger partial charge on any atom is -0.312 e. The fraction of sp³-hybridized carbons (Fsp3) is 1.00. The van der Waals surface area contributed by atoms with Gasteiger partial charge in [0, 0.05) is 12.6 Å². The van der Waals surface area contributed by atoms with Crippen LogP contribution in [0.2, 0.25) is 0 Å². The topological polar surface area (TPSA) is 15.3 Å². The molecule has 1 rings (SSSR count). The second-order valence-electron chi connectivity index (χ2n) is 4.93. The third kappa shape index (κ3) is 4.52. The molecular formula is C13H28N2. The van der Waals surface area contributed by atoms with Gasteiger partial charge in [-0.05, 0) is 44.8 Å². The molecule has 2 atom stereocenters. The van der Waals surface area contributed by atoms with Crippen molar-refractivity contribution < 1.29 is 0 Å². The fourth-order valence-electron chi connectivity index (χ4n) is 2.40. The molecule has 2 unspecified atom stereocenters. The SMILES string of the molecule is CCCCN(CC)CC1NCCCC1C. The number of likely N-dealkylation sites (N-methyl/N-ethyl adjacent to an activating group) is 1. The lowest BCUT2D eigenvalue weighted by molar-refractivity contribution is 0.195. The van der Waals surface area contributed by atoms with Gasteiger partial charge >= 0.3 is 0 Å². The summed E-state index contributed by atoms with van der Waals surface area (Å²) in [5.41, 5.74) is 0. The summed E-state index contributed by atoms with van der Waals surface area (Å²) in [5.74, 6) is 0.856. The van der Waals surface area contributed by atoms with E-state index in [9.17, 15) is 0 Å². The van der Waals surface area contributed by atoms with Crippen molar-refractivity contribution in [3.8, 4) is 0 Å². The smallest absolute Gasteiger partial charge is 0.0220 e. The molecule has 1 N–H and O–H groups in total. The fourth-order valence-corrected chi connectivity index (χ4v) is 2.40. The zero-order chi connectivity index (χ0) is 11.1. The Kier molecular flexibility index (Phi) is 6.26. The van der Waals surface area contributed by atoms with Gasteiger partial charge in [-0.1, -0.05) is 27.2 Å². The second kappa shape index (κ2) is 7.24. The van der Waals surface area contributed by atoms with Crippen LogP contribution in [0.25, 0.3) is 0 Å². The predicted octanol–water partition coefficient (Wildman–Crippen LogP) is 2.50. The Morgan fingerprint density at radius 3 is 2.73 bits per heavy atom. The molecule has 0 radical (unpaired) electrons. The summed E-state index contributed by atoms with van der Waals surface area (Å²) in [7, 11) is 0. The summed E-state index contributed by atoms with van der Waals surface area (Å²) in [6.45, 7) is 11.9. The van der Waals surface area contributed by atoms with Gasteiger partial charge in [0.2, 0.25) is 0 Å². The molecule has 1 saturated heterocycles. The Labute approximate surface area is 95.4 Å². The highest BCUT2D eigenvalue weighted by Crippen LogP contribution is 2.16. The average Bonchev–Trinajstić information content (AvgIpc) is 2.26. The van der Waals surface area contributed by atoms with Gasteiger partial charge in [-0.3, -0.25) is 0 Å². The van der Waals surface area contributed by atoms with Crippen LogP contribution in [0.4, 0.5) is 0 Å². The summed E-state index contributed by atoms with van der Waals surface area (Å²) in [4.78, 5) is 2.60. The molecule has 0 aromatic rings. The molecule has 0 saturated carbocycles. The van der Waals surface area contributed by atoms with Crippen molar-refractivity contribution in [2.24, 2.45) is 5.92 Å². The van der Waals surface area contributed by atoms with E-state index in [0.29, 0.717) is 0 Å². The van der Waals surface area contributed by atoms with Crippen molar-refractivity contribution in [2.75, 3.05) is 26.2 Å². The molecule has 1 heterocycles. The summed E-state index contributed by atoms with van der Waals surface area (Å²) < 4.78 is 0. The van der Waals surface area contributed by atoms with Crippen LogP contribution >= 0.6 is 0 Å². The Morgan fingerprint density at radius 2 is 2.13 bits per heavy atom. The molecule has 1 aliphatic heterocycles. The molecule has 0 aromatic carbocycles. The quantitative estimate of drug-likeness (QED) is 0.728. The first-order valence-corrected chi connectivity index (χ1v) is 6.73. The number of nitrogens with zero attached hydrogens (tertiary/aromatic N) is 1. The van der Waals surface area contributed by atoms with E-state index < -0.39 is 0 Å². The van der Waals surface area contributed by atoms with Crippen LogP contribution in [0.1, 0.15) is 46.5 Å². The van der Waals surface area contributed by atoms with E-state index in [1.165, 1.54) is 51.9 Å². The molecule has 90 valence electrons. The van der Waals surface area contributed by atoms with Gasteiger partial charge < -0.3 is 10.2 Å². The van der Waals surface area contributed by atoms with Crippen molar-refractivity contribution in [2.45, 2.75) is 52.5 Å². The summed E-state index contributed by atoms with van der Waals surface area (Å²) >= 11 is 0. The van der Waals surface area contributed by atoms with Crippen LogP contribution in [0, 0.1) is 5.92 Å². The van der Waals surface area contributed by atoms with E-state index in [-0.39, 0.29) is 0 Å². The maximum absolute atomic E-state index is 3.67. The van der Waals surface area contributed by atoms with Gasteiger partial charge in [-0.2, -0.15) is 0 Å². The first-order valence-electron chi connectivity index (χ1n) is 6.73. The standard InChI is InChI=1S/C13H28N2/c1-4-6-10-15(5-2)11-13-12(3)8-7-9-14-13/h12-14H,4-11H2,1-3H3. The molecule has 1 aliphatic rings. The second-order valence-corrected chi connectivity index (χ2v) is 4.93. The van der Waals surface area contributed by atoms with Gasteiger partial charge in [0.05, 0.1) is 0 Å². The third-order valence-electron chi connectivity index (χ3n) is 3.66. The summed E-state index contributed by atoms with van der Waals surface area (Å²) in [5, 5.41) is 3.67. The predicted molar refractivity (Wildman–Crippen MR) is 67.2 cm³/mol. The number of rotatable bonds is 6. The maximum Gasteiger partial charge on any atom is 0.0220 e. The number of hydrogen-bond donors (Lipinski definition) is 1. The molecule has 0 spiro atoms. The highest BCUT2D eigenvalue weighted by atomic mass is 15.1. The monoisotopic (exact) mass is 212 g/mol. The van der Waals surface area contributed by atoms with Crippen molar-refractivity contribution >= 4 is 0 Å². The summed E-state index contributed by atoms with van der Waals surface area (Å²) in [6, 6.07) is 0.732. The lowest BCUT2D eigenvalue weighted by Crippen LogP contribution is -2.48. The largest absolute Gasteiger partial charge is 0.312 e. The molecule has 0 bridgehead atoms. The Balaban J connectivity index is 2.29.